The Morgan fingerprint density at radius 3 is 2.92 bits per heavy atom. The smallest absolute Gasteiger partial charge is 0.262 e. The second-order valence-electron chi connectivity index (χ2n) is 6.34. The van der Waals surface area contributed by atoms with Gasteiger partial charge in [-0.1, -0.05) is 30.8 Å². The van der Waals surface area contributed by atoms with Gasteiger partial charge in [0, 0.05) is 19.6 Å². The average molecular weight is 345 g/mol. The van der Waals surface area contributed by atoms with Crippen LogP contribution in [0.2, 0.25) is 0 Å². The van der Waals surface area contributed by atoms with E-state index in [1.54, 1.807) is 10.6 Å². The number of aromatic nitrogens is 2. The number of carbonyl (C=O) groups excluding carboxylic acids is 1. The summed E-state index contributed by atoms with van der Waals surface area (Å²) < 4.78 is 1.65. The zero-order valence-electron chi connectivity index (χ0n) is 14.2. The minimum Gasteiger partial charge on any atom is -0.342 e. The molecule has 0 saturated carbocycles. The van der Waals surface area contributed by atoms with E-state index < -0.39 is 0 Å². The molecule has 1 saturated heterocycles. The number of piperidine rings is 1. The Hall–Kier alpha value is -1.82. The van der Waals surface area contributed by atoms with Crippen molar-refractivity contribution in [3.63, 3.8) is 0 Å². The van der Waals surface area contributed by atoms with Crippen molar-refractivity contribution in [2.45, 2.75) is 38.4 Å². The Labute approximate surface area is 146 Å². The number of nitrogens with zero attached hydrogens (tertiary/aromatic N) is 3. The largest absolute Gasteiger partial charge is 0.342 e. The molecule has 0 aliphatic carbocycles. The molecule has 1 aliphatic rings. The fourth-order valence-electron chi connectivity index (χ4n) is 3.17. The van der Waals surface area contributed by atoms with Crippen LogP contribution in [0, 0.1) is 5.92 Å². The lowest BCUT2D eigenvalue weighted by Crippen LogP contribution is -2.40. The average Bonchev–Trinajstić information content (AvgIpc) is 2.60. The van der Waals surface area contributed by atoms with Crippen LogP contribution in [0.5, 0.6) is 0 Å². The van der Waals surface area contributed by atoms with Crippen molar-refractivity contribution in [1.29, 1.82) is 0 Å². The van der Waals surface area contributed by atoms with Crippen LogP contribution in [0.4, 0.5) is 0 Å². The molecule has 2 heterocycles. The number of carbonyl (C=O) groups is 1. The van der Waals surface area contributed by atoms with Crippen molar-refractivity contribution >= 4 is 28.6 Å². The van der Waals surface area contributed by atoms with Gasteiger partial charge < -0.3 is 4.90 Å². The van der Waals surface area contributed by atoms with Gasteiger partial charge >= 0.3 is 0 Å². The molecule has 0 radical (unpaired) electrons. The number of hydrogen-bond donors (Lipinski definition) is 0. The predicted octanol–water partition coefficient (Wildman–Crippen LogP) is 2.77. The van der Waals surface area contributed by atoms with Gasteiger partial charge in [0.2, 0.25) is 5.91 Å². The molecule has 1 fully saturated rings. The van der Waals surface area contributed by atoms with E-state index in [2.05, 4.69) is 11.9 Å². The third-order valence-corrected chi connectivity index (χ3v) is 5.44. The van der Waals surface area contributed by atoms with Crippen LogP contribution in [0.3, 0.4) is 0 Å². The van der Waals surface area contributed by atoms with E-state index in [4.69, 9.17) is 0 Å². The summed E-state index contributed by atoms with van der Waals surface area (Å²) in [7, 11) is 0. The van der Waals surface area contributed by atoms with Crippen LogP contribution < -0.4 is 5.56 Å². The number of amides is 1. The third kappa shape index (κ3) is 3.48. The monoisotopic (exact) mass is 345 g/mol. The van der Waals surface area contributed by atoms with Crippen LogP contribution in [0.25, 0.3) is 10.9 Å². The highest BCUT2D eigenvalue weighted by Crippen LogP contribution is 2.20. The lowest BCUT2D eigenvalue weighted by molar-refractivity contribution is -0.130. The second kappa shape index (κ2) is 7.38. The van der Waals surface area contributed by atoms with E-state index in [-0.39, 0.29) is 11.5 Å². The van der Waals surface area contributed by atoms with Crippen molar-refractivity contribution in [3.05, 3.63) is 34.6 Å². The molecule has 3 rings (SSSR count). The van der Waals surface area contributed by atoms with Crippen LogP contribution in [-0.4, -0.2) is 39.2 Å². The molecule has 1 atom stereocenters. The molecular formula is C18H23N3O2S. The molecule has 6 heteroatoms. The first-order chi connectivity index (χ1) is 11.6. The lowest BCUT2D eigenvalue weighted by Gasteiger charge is -2.30. The summed E-state index contributed by atoms with van der Waals surface area (Å²) in [6, 6.07) is 7.36. The van der Waals surface area contributed by atoms with E-state index in [0.29, 0.717) is 34.3 Å². The summed E-state index contributed by atoms with van der Waals surface area (Å²) >= 11 is 1.36. The van der Waals surface area contributed by atoms with Crippen molar-refractivity contribution in [3.8, 4) is 0 Å². The van der Waals surface area contributed by atoms with E-state index in [1.807, 2.05) is 30.0 Å². The Morgan fingerprint density at radius 2 is 2.17 bits per heavy atom. The summed E-state index contributed by atoms with van der Waals surface area (Å²) in [5.41, 5.74) is 0.651. The normalized spacial score (nSPS) is 18.1. The van der Waals surface area contributed by atoms with Gasteiger partial charge in [-0.25, -0.2) is 4.98 Å². The Bertz CT molecular complexity index is 802. The van der Waals surface area contributed by atoms with E-state index in [1.165, 1.54) is 18.2 Å². The molecule has 1 aliphatic heterocycles. The maximum atomic E-state index is 12.6. The van der Waals surface area contributed by atoms with E-state index >= 15 is 0 Å². The molecule has 0 N–H and O–H groups in total. The van der Waals surface area contributed by atoms with Gasteiger partial charge in [0.1, 0.15) is 0 Å². The molecule has 24 heavy (non-hydrogen) atoms. The minimum absolute atomic E-state index is 0.0374. The second-order valence-corrected chi connectivity index (χ2v) is 7.28. The maximum absolute atomic E-state index is 12.6. The van der Waals surface area contributed by atoms with Gasteiger partial charge in [-0.3, -0.25) is 14.2 Å². The zero-order valence-corrected chi connectivity index (χ0v) is 15.0. The van der Waals surface area contributed by atoms with Gasteiger partial charge in [0.05, 0.1) is 16.7 Å². The number of thioether (sulfide) groups is 1. The highest BCUT2D eigenvalue weighted by atomic mass is 32.2. The summed E-state index contributed by atoms with van der Waals surface area (Å²) in [6.45, 7) is 6.34. The number of hydrogen-bond acceptors (Lipinski definition) is 4. The molecule has 2 aromatic rings. The SMILES string of the molecule is CCn1c(SCC(=O)N2CCC[C@@H](C)C2)nc2ccccc2c1=O. The molecule has 5 nitrogen and oxygen atoms in total. The summed E-state index contributed by atoms with van der Waals surface area (Å²) in [5.74, 6) is 1.04. The first-order valence-electron chi connectivity index (χ1n) is 8.50. The van der Waals surface area contributed by atoms with Crippen molar-refractivity contribution in [1.82, 2.24) is 14.5 Å². The summed E-state index contributed by atoms with van der Waals surface area (Å²) in [5, 5.41) is 1.25. The van der Waals surface area contributed by atoms with Crippen LogP contribution >= 0.6 is 11.8 Å². The van der Waals surface area contributed by atoms with Gasteiger partial charge in [0.25, 0.3) is 5.56 Å². The number of benzene rings is 1. The van der Waals surface area contributed by atoms with Crippen LogP contribution in [0.15, 0.2) is 34.2 Å². The molecule has 1 aromatic heterocycles. The van der Waals surface area contributed by atoms with Crippen molar-refractivity contribution in [2.24, 2.45) is 5.92 Å². The Morgan fingerprint density at radius 1 is 1.38 bits per heavy atom. The predicted molar refractivity (Wildman–Crippen MR) is 97.4 cm³/mol. The van der Waals surface area contributed by atoms with Gasteiger partial charge in [-0.05, 0) is 37.8 Å². The fraction of sp³-hybridized carbons (Fsp3) is 0.500. The summed E-state index contributed by atoms with van der Waals surface area (Å²) in [4.78, 5) is 31.6. The molecule has 0 bridgehead atoms. The molecule has 0 spiro atoms. The number of fused-ring (bicyclic) bond motifs is 1. The van der Waals surface area contributed by atoms with E-state index in [9.17, 15) is 9.59 Å². The third-order valence-electron chi connectivity index (χ3n) is 4.48. The van der Waals surface area contributed by atoms with Crippen molar-refractivity contribution < 1.29 is 4.79 Å². The maximum Gasteiger partial charge on any atom is 0.262 e. The highest BCUT2D eigenvalue weighted by Gasteiger charge is 2.21. The van der Waals surface area contributed by atoms with Gasteiger partial charge in [-0.15, -0.1) is 0 Å². The minimum atomic E-state index is -0.0374. The van der Waals surface area contributed by atoms with Gasteiger partial charge in [0.15, 0.2) is 5.16 Å². The van der Waals surface area contributed by atoms with E-state index in [0.717, 1.165) is 19.5 Å². The van der Waals surface area contributed by atoms with Gasteiger partial charge in [-0.2, -0.15) is 0 Å². The Balaban J connectivity index is 1.79. The van der Waals surface area contributed by atoms with Crippen LogP contribution in [0.1, 0.15) is 26.7 Å². The molecule has 128 valence electrons. The standard InChI is InChI=1S/C18H23N3O2S/c1-3-21-17(23)14-8-4-5-9-15(14)19-18(21)24-12-16(22)20-10-6-7-13(2)11-20/h4-5,8-9,13H,3,6-7,10-12H2,1-2H3/t13-/m1/s1. The number of rotatable bonds is 4. The topological polar surface area (TPSA) is 55.2 Å². The molecule has 1 amide bonds. The summed E-state index contributed by atoms with van der Waals surface area (Å²) in [6.07, 6.45) is 2.27. The lowest BCUT2D eigenvalue weighted by atomic mass is 10.0. The zero-order chi connectivity index (χ0) is 17.1. The number of likely N-dealkylation sites (tertiary alicyclic amines) is 1. The molecular weight excluding hydrogens is 322 g/mol. The highest BCUT2D eigenvalue weighted by molar-refractivity contribution is 7.99. The van der Waals surface area contributed by atoms with Crippen LogP contribution in [-0.2, 0) is 11.3 Å². The Kier molecular flexibility index (Phi) is 5.23. The molecule has 0 unspecified atom stereocenters. The number of para-hydroxylation sites is 1. The fourth-order valence-corrected chi connectivity index (χ4v) is 4.14. The van der Waals surface area contributed by atoms with Crippen molar-refractivity contribution in [2.75, 3.05) is 18.8 Å². The first kappa shape index (κ1) is 17.0. The quantitative estimate of drug-likeness (QED) is 0.632. The molecule has 1 aromatic carbocycles. The first-order valence-corrected chi connectivity index (χ1v) is 9.49.